The topological polar surface area (TPSA) is 109 Å². The number of H-pyrrole nitrogens is 1. The number of aryl methyl sites for hydroxylation is 1. The highest BCUT2D eigenvalue weighted by Crippen LogP contribution is 2.21. The van der Waals surface area contributed by atoms with Crippen LogP contribution in [0.1, 0.15) is 39.0 Å². The average molecular weight is 393 g/mol. The van der Waals surface area contributed by atoms with Gasteiger partial charge < -0.3 is 15.0 Å². The molecule has 0 saturated carbocycles. The molecule has 0 atom stereocenters. The molecule has 0 bridgehead atoms. The number of amides is 1. The number of aromatic amines is 1. The number of sulfonamides is 1. The number of rotatable bonds is 6. The summed E-state index contributed by atoms with van der Waals surface area (Å²) in [5.74, 6) is -0.921. The van der Waals surface area contributed by atoms with Crippen LogP contribution in [0.25, 0.3) is 0 Å². The first kappa shape index (κ1) is 20.7. The summed E-state index contributed by atoms with van der Waals surface area (Å²) in [6.45, 7) is 5.31. The Kier molecular flexibility index (Phi) is 6.07. The Balaban J connectivity index is 2.23. The maximum absolute atomic E-state index is 12.6. The fourth-order valence-corrected chi connectivity index (χ4v) is 3.50. The molecule has 9 heteroatoms. The molecule has 0 aliphatic heterocycles. The highest BCUT2D eigenvalue weighted by Gasteiger charge is 2.23. The van der Waals surface area contributed by atoms with Crippen molar-refractivity contribution >= 4 is 27.6 Å². The van der Waals surface area contributed by atoms with Crippen LogP contribution in [0.5, 0.6) is 0 Å². The quantitative estimate of drug-likeness (QED) is 0.732. The zero-order valence-corrected chi connectivity index (χ0v) is 16.7. The van der Waals surface area contributed by atoms with Crippen molar-refractivity contribution in [2.75, 3.05) is 26.0 Å². The molecule has 0 unspecified atom stereocenters. The summed E-state index contributed by atoms with van der Waals surface area (Å²) < 4.78 is 30.3. The van der Waals surface area contributed by atoms with Gasteiger partial charge in [-0.15, -0.1) is 0 Å². The number of benzene rings is 1. The molecule has 2 aromatic rings. The largest absolute Gasteiger partial charge is 0.462 e. The molecule has 1 aromatic heterocycles. The molecule has 146 valence electrons. The molecule has 0 aliphatic rings. The van der Waals surface area contributed by atoms with Crippen molar-refractivity contribution in [2.45, 2.75) is 25.7 Å². The van der Waals surface area contributed by atoms with Crippen molar-refractivity contribution < 1.29 is 22.7 Å². The molecule has 0 fully saturated rings. The summed E-state index contributed by atoms with van der Waals surface area (Å²) >= 11 is 0. The number of hydrogen-bond donors (Lipinski definition) is 2. The molecule has 1 amide bonds. The minimum atomic E-state index is -3.54. The Hall–Kier alpha value is -2.65. The van der Waals surface area contributed by atoms with Gasteiger partial charge in [0.2, 0.25) is 10.0 Å². The summed E-state index contributed by atoms with van der Waals surface area (Å²) in [7, 11) is -0.641. The third-order valence-electron chi connectivity index (χ3n) is 4.03. The average Bonchev–Trinajstić information content (AvgIpc) is 2.90. The van der Waals surface area contributed by atoms with Crippen LogP contribution in [-0.2, 0) is 14.8 Å². The zero-order chi connectivity index (χ0) is 20.4. The highest BCUT2D eigenvalue weighted by molar-refractivity contribution is 7.89. The minimum absolute atomic E-state index is 0.127. The molecule has 2 rings (SSSR count). The lowest BCUT2D eigenvalue weighted by Crippen LogP contribution is -2.22. The molecule has 8 nitrogen and oxygen atoms in total. The SMILES string of the molecule is CCOC(=O)c1c(C)[nH]c(C(=O)Nc2ccc(S(=O)(=O)N(C)C)cc2)c1C. The van der Waals surface area contributed by atoms with Gasteiger partial charge in [-0.05, 0) is 50.6 Å². The maximum Gasteiger partial charge on any atom is 0.340 e. The summed E-state index contributed by atoms with van der Waals surface area (Å²) in [6.07, 6.45) is 0. The van der Waals surface area contributed by atoms with Gasteiger partial charge in [0, 0.05) is 25.5 Å². The fraction of sp³-hybridized carbons (Fsp3) is 0.333. The zero-order valence-electron chi connectivity index (χ0n) is 15.9. The first-order chi connectivity index (χ1) is 12.6. The van der Waals surface area contributed by atoms with E-state index in [0.29, 0.717) is 22.5 Å². The van der Waals surface area contributed by atoms with Crippen LogP contribution in [-0.4, -0.2) is 50.3 Å². The van der Waals surface area contributed by atoms with Crippen molar-refractivity contribution in [1.82, 2.24) is 9.29 Å². The van der Waals surface area contributed by atoms with Gasteiger partial charge in [0.15, 0.2) is 0 Å². The molecule has 2 N–H and O–H groups in total. The predicted molar refractivity (Wildman–Crippen MR) is 101 cm³/mol. The molecule has 0 radical (unpaired) electrons. The summed E-state index contributed by atoms with van der Waals surface area (Å²) in [5, 5.41) is 2.69. The molecule has 0 spiro atoms. The highest BCUT2D eigenvalue weighted by atomic mass is 32.2. The second-order valence-electron chi connectivity index (χ2n) is 6.11. The molecular weight excluding hydrogens is 370 g/mol. The summed E-state index contributed by atoms with van der Waals surface area (Å²) in [5.41, 5.74) is 2.07. The van der Waals surface area contributed by atoms with E-state index in [1.54, 1.807) is 20.8 Å². The number of nitrogens with zero attached hydrogens (tertiary/aromatic N) is 1. The van der Waals surface area contributed by atoms with Gasteiger partial charge in [0.25, 0.3) is 5.91 Å². The van der Waals surface area contributed by atoms with Crippen LogP contribution in [0.4, 0.5) is 5.69 Å². The van der Waals surface area contributed by atoms with E-state index in [1.807, 2.05) is 0 Å². The molecule has 0 saturated heterocycles. The van der Waals surface area contributed by atoms with Crippen molar-refractivity contribution in [2.24, 2.45) is 0 Å². The van der Waals surface area contributed by atoms with Gasteiger partial charge in [0.05, 0.1) is 17.1 Å². The van der Waals surface area contributed by atoms with Gasteiger partial charge >= 0.3 is 5.97 Å². The van der Waals surface area contributed by atoms with E-state index in [-0.39, 0.29) is 17.2 Å². The van der Waals surface area contributed by atoms with Gasteiger partial charge in [-0.2, -0.15) is 0 Å². The van der Waals surface area contributed by atoms with E-state index in [9.17, 15) is 18.0 Å². The van der Waals surface area contributed by atoms with Gasteiger partial charge in [0.1, 0.15) is 5.69 Å². The summed E-state index contributed by atoms with van der Waals surface area (Å²) in [4.78, 5) is 27.6. The Morgan fingerprint density at radius 3 is 2.26 bits per heavy atom. The van der Waals surface area contributed by atoms with Crippen LogP contribution in [0, 0.1) is 13.8 Å². The normalized spacial score (nSPS) is 11.5. The standard InChI is InChI=1S/C18H23N3O5S/c1-6-26-18(23)15-11(2)16(19-12(15)3)17(22)20-13-7-9-14(10-8-13)27(24,25)21(4)5/h7-10,19H,6H2,1-5H3,(H,20,22). The smallest absolute Gasteiger partial charge is 0.340 e. The van der Waals surface area contributed by atoms with E-state index in [2.05, 4.69) is 10.3 Å². The predicted octanol–water partition coefficient (Wildman–Crippen LogP) is 2.31. The first-order valence-electron chi connectivity index (χ1n) is 8.29. The van der Waals surface area contributed by atoms with Crippen LogP contribution in [0.2, 0.25) is 0 Å². The number of aromatic nitrogens is 1. The second kappa shape index (κ2) is 7.93. The summed E-state index contributed by atoms with van der Waals surface area (Å²) in [6, 6.07) is 5.85. The third-order valence-corrected chi connectivity index (χ3v) is 5.86. The molecule has 1 aromatic carbocycles. The Morgan fingerprint density at radius 1 is 1.15 bits per heavy atom. The lowest BCUT2D eigenvalue weighted by atomic mass is 10.1. The van der Waals surface area contributed by atoms with Crippen LogP contribution in [0.3, 0.4) is 0 Å². The lowest BCUT2D eigenvalue weighted by Gasteiger charge is -2.12. The van der Waals surface area contributed by atoms with Crippen molar-refractivity contribution in [3.05, 3.63) is 46.8 Å². The first-order valence-corrected chi connectivity index (χ1v) is 9.73. The monoisotopic (exact) mass is 393 g/mol. The van der Waals surface area contributed by atoms with Crippen LogP contribution in [0.15, 0.2) is 29.2 Å². The maximum atomic E-state index is 12.6. The number of nitrogens with one attached hydrogen (secondary N) is 2. The number of hydrogen-bond acceptors (Lipinski definition) is 5. The third kappa shape index (κ3) is 4.20. The van der Waals surface area contributed by atoms with E-state index < -0.39 is 21.9 Å². The van der Waals surface area contributed by atoms with E-state index in [1.165, 1.54) is 38.4 Å². The van der Waals surface area contributed by atoms with E-state index >= 15 is 0 Å². The van der Waals surface area contributed by atoms with Crippen LogP contribution >= 0.6 is 0 Å². The molecular formula is C18H23N3O5S. The molecule has 0 aliphatic carbocycles. The lowest BCUT2D eigenvalue weighted by molar-refractivity contribution is 0.0525. The van der Waals surface area contributed by atoms with E-state index in [0.717, 1.165) is 4.31 Å². The van der Waals surface area contributed by atoms with Crippen molar-refractivity contribution in [3.8, 4) is 0 Å². The number of esters is 1. The van der Waals surface area contributed by atoms with Crippen molar-refractivity contribution in [3.63, 3.8) is 0 Å². The Bertz CT molecular complexity index is 960. The number of carbonyl (C=O) groups is 2. The second-order valence-corrected chi connectivity index (χ2v) is 8.26. The van der Waals surface area contributed by atoms with Crippen molar-refractivity contribution in [1.29, 1.82) is 0 Å². The number of ether oxygens (including phenoxy) is 1. The Labute approximate surface area is 158 Å². The van der Waals surface area contributed by atoms with Gasteiger partial charge in [-0.25, -0.2) is 17.5 Å². The molecule has 1 heterocycles. The van der Waals surface area contributed by atoms with Gasteiger partial charge in [-0.3, -0.25) is 4.79 Å². The molecule has 27 heavy (non-hydrogen) atoms. The number of anilines is 1. The number of carbonyl (C=O) groups excluding carboxylic acids is 2. The van der Waals surface area contributed by atoms with Crippen LogP contribution < -0.4 is 5.32 Å². The van der Waals surface area contributed by atoms with E-state index in [4.69, 9.17) is 4.74 Å². The fourth-order valence-electron chi connectivity index (χ4n) is 2.60. The Morgan fingerprint density at radius 2 is 1.74 bits per heavy atom. The minimum Gasteiger partial charge on any atom is -0.462 e. The van der Waals surface area contributed by atoms with Gasteiger partial charge in [-0.1, -0.05) is 0 Å².